The Morgan fingerprint density at radius 3 is 3.00 bits per heavy atom. The zero-order chi connectivity index (χ0) is 14.8. The van der Waals surface area contributed by atoms with Crippen LogP contribution < -0.4 is 4.74 Å². The van der Waals surface area contributed by atoms with Gasteiger partial charge in [-0.3, -0.25) is 4.79 Å². The van der Waals surface area contributed by atoms with Crippen LogP contribution in [0.2, 0.25) is 0 Å². The van der Waals surface area contributed by atoms with Gasteiger partial charge in [0.1, 0.15) is 5.75 Å². The van der Waals surface area contributed by atoms with Gasteiger partial charge in [0.2, 0.25) is 0 Å². The van der Waals surface area contributed by atoms with E-state index in [1.807, 2.05) is 42.6 Å². The molecular formula is C16H13BrN2O2. The van der Waals surface area contributed by atoms with Gasteiger partial charge in [-0.2, -0.15) is 5.10 Å². The number of ether oxygens (including phenoxy) is 1. The summed E-state index contributed by atoms with van der Waals surface area (Å²) in [6, 6.07) is 11.3. The molecule has 21 heavy (non-hydrogen) atoms. The van der Waals surface area contributed by atoms with Crippen molar-refractivity contribution in [3.63, 3.8) is 0 Å². The fourth-order valence-electron chi connectivity index (χ4n) is 2.23. The van der Waals surface area contributed by atoms with Gasteiger partial charge in [-0.25, -0.2) is 4.52 Å². The number of halogens is 1. The van der Waals surface area contributed by atoms with Crippen LogP contribution in [0.4, 0.5) is 0 Å². The number of nitrogens with zero attached hydrogens (tertiary/aromatic N) is 2. The number of hydrogen-bond acceptors (Lipinski definition) is 3. The van der Waals surface area contributed by atoms with Gasteiger partial charge in [0.05, 0.1) is 24.4 Å². The van der Waals surface area contributed by atoms with Crippen molar-refractivity contribution >= 4 is 27.2 Å². The smallest absolute Gasteiger partial charge is 0.171 e. The summed E-state index contributed by atoms with van der Waals surface area (Å²) >= 11 is 3.47. The predicted octanol–water partition coefficient (Wildman–Crippen LogP) is 3.53. The topological polar surface area (TPSA) is 43.6 Å². The maximum absolute atomic E-state index is 12.5. The van der Waals surface area contributed by atoms with E-state index in [1.54, 1.807) is 17.8 Å². The Morgan fingerprint density at radius 1 is 1.33 bits per heavy atom. The molecule has 1 aromatic carbocycles. The highest BCUT2D eigenvalue weighted by Crippen LogP contribution is 2.24. The van der Waals surface area contributed by atoms with Crippen LogP contribution in [-0.4, -0.2) is 22.5 Å². The lowest BCUT2D eigenvalue weighted by molar-refractivity contribution is 0.0994. The number of carbonyl (C=O) groups is 1. The lowest BCUT2D eigenvalue weighted by Crippen LogP contribution is -2.04. The van der Waals surface area contributed by atoms with Crippen LogP contribution in [0.3, 0.4) is 0 Å². The third-order valence-electron chi connectivity index (χ3n) is 3.33. The van der Waals surface area contributed by atoms with Gasteiger partial charge in [-0.05, 0) is 35.9 Å². The van der Waals surface area contributed by atoms with Crippen molar-refractivity contribution in [1.29, 1.82) is 0 Å². The van der Waals surface area contributed by atoms with E-state index in [0.717, 1.165) is 21.3 Å². The highest BCUT2D eigenvalue weighted by molar-refractivity contribution is 9.10. The van der Waals surface area contributed by atoms with Crippen LogP contribution in [-0.2, 0) is 6.42 Å². The minimum Gasteiger partial charge on any atom is -0.497 e. The SMILES string of the molecule is COc1ccc(Br)c(CC(=O)c2cnn3ccccc23)c1. The van der Waals surface area contributed by atoms with Gasteiger partial charge in [0.15, 0.2) is 5.78 Å². The van der Waals surface area contributed by atoms with Crippen LogP contribution in [0.5, 0.6) is 5.75 Å². The normalized spacial score (nSPS) is 10.8. The molecule has 2 heterocycles. The summed E-state index contributed by atoms with van der Waals surface area (Å²) in [7, 11) is 1.61. The van der Waals surface area contributed by atoms with Crippen molar-refractivity contribution < 1.29 is 9.53 Å². The molecule has 0 fully saturated rings. The highest BCUT2D eigenvalue weighted by atomic mass is 79.9. The zero-order valence-corrected chi connectivity index (χ0v) is 13.0. The molecule has 0 amide bonds. The number of benzene rings is 1. The van der Waals surface area contributed by atoms with E-state index in [9.17, 15) is 4.79 Å². The summed E-state index contributed by atoms with van der Waals surface area (Å²) in [4.78, 5) is 12.5. The van der Waals surface area contributed by atoms with Gasteiger partial charge in [0, 0.05) is 17.1 Å². The van der Waals surface area contributed by atoms with E-state index in [2.05, 4.69) is 21.0 Å². The number of rotatable bonds is 4. The Morgan fingerprint density at radius 2 is 2.19 bits per heavy atom. The second kappa shape index (κ2) is 5.69. The average molecular weight is 345 g/mol. The second-order valence-electron chi connectivity index (χ2n) is 4.65. The Kier molecular flexibility index (Phi) is 3.75. The molecule has 0 saturated heterocycles. The van der Waals surface area contributed by atoms with E-state index in [0.29, 0.717) is 12.0 Å². The van der Waals surface area contributed by atoms with Gasteiger partial charge < -0.3 is 4.74 Å². The van der Waals surface area contributed by atoms with Crippen molar-refractivity contribution in [2.24, 2.45) is 0 Å². The molecule has 106 valence electrons. The standard InChI is InChI=1S/C16H13BrN2O2/c1-21-12-5-6-14(17)11(8-12)9-16(20)13-10-18-19-7-3-2-4-15(13)19/h2-8,10H,9H2,1H3. The molecule has 0 aliphatic carbocycles. The van der Waals surface area contributed by atoms with Crippen molar-refractivity contribution in [3.05, 3.63) is 64.4 Å². The number of carbonyl (C=O) groups excluding carboxylic acids is 1. The molecule has 5 heteroatoms. The molecule has 2 aromatic heterocycles. The fraction of sp³-hybridized carbons (Fsp3) is 0.125. The van der Waals surface area contributed by atoms with Crippen molar-refractivity contribution in [3.8, 4) is 5.75 Å². The molecule has 0 bridgehead atoms. The molecule has 0 atom stereocenters. The van der Waals surface area contributed by atoms with Crippen LogP contribution in [0, 0.1) is 0 Å². The second-order valence-corrected chi connectivity index (χ2v) is 5.50. The van der Waals surface area contributed by atoms with E-state index in [1.165, 1.54) is 0 Å². The van der Waals surface area contributed by atoms with Gasteiger partial charge >= 0.3 is 0 Å². The maximum atomic E-state index is 12.5. The summed E-state index contributed by atoms with van der Waals surface area (Å²) in [6.45, 7) is 0. The molecule has 3 rings (SSSR count). The largest absolute Gasteiger partial charge is 0.497 e. The number of ketones is 1. The van der Waals surface area contributed by atoms with Crippen LogP contribution in [0.1, 0.15) is 15.9 Å². The molecule has 0 radical (unpaired) electrons. The van der Waals surface area contributed by atoms with E-state index >= 15 is 0 Å². The zero-order valence-electron chi connectivity index (χ0n) is 11.4. The van der Waals surface area contributed by atoms with Crippen molar-refractivity contribution in [1.82, 2.24) is 9.61 Å². The minimum absolute atomic E-state index is 0.0325. The lowest BCUT2D eigenvalue weighted by atomic mass is 10.0. The van der Waals surface area contributed by atoms with Crippen LogP contribution >= 0.6 is 15.9 Å². The number of methoxy groups -OCH3 is 1. The first kappa shape index (κ1) is 13.8. The number of pyridine rings is 1. The van der Waals surface area contributed by atoms with Crippen LogP contribution in [0.15, 0.2) is 53.3 Å². The first-order valence-electron chi connectivity index (χ1n) is 6.47. The number of fused-ring (bicyclic) bond motifs is 1. The Labute approximate surface area is 130 Å². The van der Waals surface area contributed by atoms with Gasteiger partial charge in [-0.15, -0.1) is 0 Å². The summed E-state index contributed by atoms with van der Waals surface area (Å²) in [5, 5.41) is 4.20. The average Bonchev–Trinajstić information content (AvgIpc) is 2.93. The Balaban J connectivity index is 1.93. The van der Waals surface area contributed by atoms with Crippen LogP contribution in [0.25, 0.3) is 5.52 Å². The summed E-state index contributed by atoms with van der Waals surface area (Å²) in [5.74, 6) is 0.769. The molecule has 0 N–H and O–H groups in total. The molecular weight excluding hydrogens is 332 g/mol. The minimum atomic E-state index is 0.0325. The summed E-state index contributed by atoms with van der Waals surface area (Å²) in [5.41, 5.74) is 2.35. The first-order chi connectivity index (χ1) is 10.2. The van der Waals surface area contributed by atoms with Crippen molar-refractivity contribution in [2.45, 2.75) is 6.42 Å². The quantitative estimate of drug-likeness (QED) is 0.680. The molecule has 0 unspecified atom stereocenters. The molecule has 3 aromatic rings. The monoisotopic (exact) mass is 344 g/mol. The summed E-state index contributed by atoms with van der Waals surface area (Å²) in [6.07, 6.45) is 3.74. The molecule has 0 saturated carbocycles. The predicted molar refractivity (Wildman–Crippen MR) is 83.9 cm³/mol. The molecule has 0 aliphatic heterocycles. The van der Waals surface area contributed by atoms with E-state index < -0.39 is 0 Å². The Hall–Kier alpha value is -2.14. The summed E-state index contributed by atoms with van der Waals surface area (Å²) < 4.78 is 7.80. The van der Waals surface area contributed by atoms with Gasteiger partial charge in [0.25, 0.3) is 0 Å². The first-order valence-corrected chi connectivity index (χ1v) is 7.26. The van der Waals surface area contributed by atoms with E-state index in [-0.39, 0.29) is 5.78 Å². The fourth-order valence-corrected chi connectivity index (χ4v) is 2.62. The molecule has 0 aliphatic rings. The molecule has 4 nitrogen and oxygen atoms in total. The highest BCUT2D eigenvalue weighted by Gasteiger charge is 2.14. The lowest BCUT2D eigenvalue weighted by Gasteiger charge is -2.06. The van der Waals surface area contributed by atoms with Gasteiger partial charge in [-0.1, -0.05) is 22.0 Å². The third-order valence-corrected chi connectivity index (χ3v) is 4.10. The maximum Gasteiger partial charge on any atom is 0.171 e. The third kappa shape index (κ3) is 2.69. The number of hydrogen-bond donors (Lipinski definition) is 0. The van der Waals surface area contributed by atoms with Crippen molar-refractivity contribution in [2.75, 3.05) is 7.11 Å². The number of Topliss-reactive ketones (excluding diaryl/α,β-unsaturated/α-hetero) is 1. The number of aromatic nitrogens is 2. The Bertz CT molecular complexity index is 811. The van der Waals surface area contributed by atoms with E-state index in [4.69, 9.17) is 4.74 Å². The molecule has 0 spiro atoms.